The smallest absolute Gasteiger partial charge is 0.0462 e. The molecule has 1 N–H and O–H groups in total. The van der Waals surface area contributed by atoms with Crippen LogP contribution in [-0.4, -0.2) is 13.1 Å². The molecule has 1 rings (SSSR count). The van der Waals surface area contributed by atoms with Gasteiger partial charge in [0, 0.05) is 12.6 Å². The lowest BCUT2D eigenvalue weighted by molar-refractivity contribution is 0.361. The van der Waals surface area contributed by atoms with E-state index in [1.165, 1.54) is 19.3 Å². The van der Waals surface area contributed by atoms with Crippen LogP contribution in [0.3, 0.4) is 0 Å². The molecule has 8 heavy (non-hydrogen) atoms. The third-order valence-corrected chi connectivity index (χ3v) is 1.51. The van der Waals surface area contributed by atoms with Crippen LogP contribution >= 0.6 is 0 Å². The van der Waals surface area contributed by atoms with Crippen LogP contribution in [0.2, 0.25) is 0 Å². The maximum Gasteiger partial charge on any atom is 0.0462 e. The Hall–Kier alpha value is -0.550. The Balaban J connectivity index is 0.000000222. The first kappa shape index (κ1) is 7.45. The molecule has 1 aliphatic rings. The van der Waals surface area contributed by atoms with Crippen molar-refractivity contribution in [1.82, 2.24) is 5.32 Å². The van der Waals surface area contributed by atoms with Crippen LogP contribution < -0.4 is 5.32 Å². The average Bonchev–Trinajstić information content (AvgIpc) is 1.69. The largest absolute Gasteiger partial charge is 0.317 e. The Morgan fingerprint density at radius 3 is 2.00 bits per heavy atom. The van der Waals surface area contributed by atoms with Crippen molar-refractivity contribution >= 4 is 0 Å². The summed E-state index contributed by atoms with van der Waals surface area (Å²) in [5, 5.41) is 9.70. The summed E-state index contributed by atoms with van der Waals surface area (Å²) in [4.78, 5) is 0. The number of rotatable bonds is 1. The number of hydrogen-bond acceptors (Lipinski definition) is 2. The van der Waals surface area contributed by atoms with Crippen LogP contribution in [0.25, 0.3) is 0 Å². The van der Waals surface area contributed by atoms with Gasteiger partial charge in [-0.1, -0.05) is 6.42 Å². The highest BCUT2D eigenvalue weighted by molar-refractivity contribution is 4.73. The molecule has 0 spiro atoms. The molecule has 0 atom stereocenters. The molecule has 2 nitrogen and oxygen atoms in total. The van der Waals surface area contributed by atoms with Crippen LogP contribution in [0.4, 0.5) is 0 Å². The average molecular weight is 112 g/mol. The first-order chi connectivity index (χ1) is 3.93. The SMILES string of the molecule is C#N.CNC1CCC1. The zero-order chi connectivity index (χ0) is 6.41. The van der Waals surface area contributed by atoms with Gasteiger partial charge in [0.05, 0.1) is 0 Å². The van der Waals surface area contributed by atoms with Crippen LogP contribution in [0, 0.1) is 11.8 Å². The third-order valence-electron chi connectivity index (χ3n) is 1.51. The van der Waals surface area contributed by atoms with E-state index in [0.717, 1.165) is 6.04 Å². The molecular formula is C6H12N2. The van der Waals surface area contributed by atoms with Crippen LogP contribution in [0.15, 0.2) is 0 Å². The number of nitrogens with one attached hydrogen (secondary N) is 1. The fourth-order valence-corrected chi connectivity index (χ4v) is 0.697. The molecule has 0 saturated heterocycles. The van der Waals surface area contributed by atoms with Gasteiger partial charge in [0.2, 0.25) is 0 Å². The Bertz CT molecular complexity index is 61.4. The standard InChI is InChI=1S/C5H11N.CHN/c1-6-5-3-2-4-5;1-2/h5-6H,2-4H2,1H3;1H. The third kappa shape index (κ3) is 1.94. The van der Waals surface area contributed by atoms with Gasteiger partial charge in [0.25, 0.3) is 0 Å². The predicted molar refractivity (Wildman–Crippen MR) is 33.4 cm³/mol. The molecule has 1 saturated carbocycles. The number of hydrogen-bond donors (Lipinski definition) is 1. The molecule has 2 heteroatoms. The minimum absolute atomic E-state index is 0.866. The quantitative estimate of drug-likeness (QED) is 0.547. The molecule has 0 unspecified atom stereocenters. The molecule has 0 amide bonds. The van der Waals surface area contributed by atoms with E-state index in [2.05, 4.69) is 11.9 Å². The lowest BCUT2D eigenvalue weighted by Gasteiger charge is -2.23. The van der Waals surface area contributed by atoms with Gasteiger partial charge in [0.15, 0.2) is 0 Å². The van der Waals surface area contributed by atoms with Crippen molar-refractivity contribution in [3.8, 4) is 6.57 Å². The Morgan fingerprint density at radius 1 is 1.50 bits per heavy atom. The molecule has 0 aromatic rings. The van der Waals surface area contributed by atoms with Gasteiger partial charge in [-0.25, -0.2) is 5.26 Å². The maximum absolute atomic E-state index is 6.50. The van der Waals surface area contributed by atoms with E-state index in [1.54, 1.807) is 0 Å². The van der Waals surface area contributed by atoms with Crippen molar-refractivity contribution in [2.45, 2.75) is 25.3 Å². The summed E-state index contributed by atoms with van der Waals surface area (Å²) >= 11 is 0. The first-order valence-corrected chi connectivity index (χ1v) is 2.86. The molecule has 1 aliphatic carbocycles. The molecule has 0 radical (unpaired) electrons. The number of nitrogens with zero attached hydrogens (tertiary/aromatic N) is 1. The first-order valence-electron chi connectivity index (χ1n) is 2.86. The second-order valence-corrected chi connectivity index (χ2v) is 1.92. The van der Waals surface area contributed by atoms with E-state index in [0.29, 0.717) is 0 Å². The molecule has 1 fully saturated rings. The highest BCUT2D eigenvalue weighted by Crippen LogP contribution is 2.16. The van der Waals surface area contributed by atoms with Crippen LogP contribution in [-0.2, 0) is 0 Å². The minimum Gasteiger partial charge on any atom is -0.317 e. The van der Waals surface area contributed by atoms with Crippen LogP contribution in [0.5, 0.6) is 0 Å². The maximum atomic E-state index is 6.50. The highest BCUT2D eigenvalue weighted by Gasteiger charge is 2.13. The van der Waals surface area contributed by atoms with E-state index < -0.39 is 0 Å². The molecule has 0 heterocycles. The predicted octanol–water partition coefficient (Wildman–Crippen LogP) is 0.898. The van der Waals surface area contributed by atoms with Crippen molar-refractivity contribution in [1.29, 1.82) is 5.26 Å². The molecule has 0 bridgehead atoms. The van der Waals surface area contributed by atoms with Gasteiger partial charge in [-0.15, -0.1) is 0 Å². The zero-order valence-electron chi connectivity index (χ0n) is 5.22. The second-order valence-electron chi connectivity index (χ2n) is 1.92. The summed E-state index contributed by atoms with van der Waals surface area (Å²) in [7, 11) is 2.03. The fourth-order valence-electron chi connectivity index (χ4n) is 0.697. The van der Waals surface area contributed by atoms with Gasteiger partial charge in [-0.05, 0) is 19.9 Å². The van der Waals surface area contributed by atoms with Gasteiger partial charge in [-0.2, -0.15) is 0 Å². The van der Waals surface area contributed by atoms with E-state index in [-0.39, 0.29) is 0 Å². The van der Waals surface area contributed by atoms with Crippen molar-refractivity contribution in [2.24, 2.45) is 0 Å². The Morgan fingerprint density at radius 2 is 2.00 bits per heavy atom. The van der Waals surface area contributed by atoms with E-state index in [4.69, 9.17) is 5.26 Å². The van der Waals surface area contributed by atoms with Crippen molar-refractivity contribution in [2.75, 3.05) is 7.05 Å². The summed E-state index contributed by atoms with van der Waals surface area (Å²) in [6.07, 6.45) is 4.23. The van der Waals surface area contributed by atoms with Crippen molar-refractivity contribution in [3.63, 3.8) is 0 Å². The van der Waals surface area contributed by atoms with Gasteiger partial charge in [-0.3, -0.25) is 0 Å². The zero-order valence-corrected chi connectivity index (χ0v) is 5.22. The molecular weight excluding hydrogens is 100 g/mol. The van der Waals surface area contributed by atoms with E-state index in [1.807, 2.05) is 7.05 Å². The van der Waals surface area contributed by atoms with Crippen molar-refractivity contribution in [3.05, 3.63) is 0 Å². The second kappa shape index (κ2) is 4.61. The van der Waals surface area contributed by atoms with Gasteiger partial charge >= 0.3 is 0 Å². The van der Waals surface area contributed by atoms with E-state index >= 15 is 0 Å². The normalized spacial score (nSPS) is 17.9. The lowest BCUT2D eigenvalue weighted by Crippen LogP contribution is -2.31. The minimum atomic E-state index is 0.866. The summed E-state index contributed by atoms with van der Waals surface area (Å²) in [5.74, 6) is 0. The topological polar surface area (TPSA) is 35.8 Å². The van der Waals surface area contributed by atoms with Gasteiger partial charge in [0.1, 0.15) is 0 Å². The van der Waals surface area contributed by atoms with E-state index in [9.17, 15) is 0 Å². The summed E-state index contributed by atoms with van der Waals surface area (Å²) in [6.45, 7) is 3.50. The Labute approximate surface area is 50.5 Å². The number of nitriles is 1. The summed E-state index contributed by atoms with van der Waals surface area (Å²) in [5.41, 5.74) is 0. The molecule has 0 aromatic heterocycles. The summed E-state index contributed by atoms with van der Waals surface area (Å²) in [6, 6.07) is 0.866. The lowest BCUT2D eigenvalue weighted by atomic mass is 9.94. The fraction of sp³-hybridized carbons (Fsp3) is 0.833. The molecule has 0 aromatic carbocycles. The van der Waals surface area contributed by atoms with Crippen molar-refractivity contribution < 1.29 is 0 Å². The monoisotopic (exact) mass is 112 g/mol. The summed E-state index contributed by atoms with van der Waals surface area (Å²) < 4.78 is 0. The molecule has 0 aliphatic heterocycles. The Kier molecular flexibility index (Phi) is 4.29. The highest BCUT2D eigenvalue weighted by atomic mass is 14.9. The van der Waals surface area contributed by atoms with Gasteiger partial charge < -0.3 is 5.32 Å². The van der Waals surface area contributed by atoms with Crippen LogP contribution in [0.1, 0.15) is 19.3 Å². The molecule has 46 valence electrons.